The molecule has 11 nitrogen and oxygen atoms in total. The monoisotopic (exact) mass is 616 g/mol. The molecule has 1 aliphatic heterocycles. The van der Waals surface area contributed by atoms with Gasteiger partial charge in [-0.15, -0.1) is 0 Å². The summed E-state index contributed by atoms with van der Waals surface area (Å²) in [6.45, 7) is 9.77. The predicted octanol–water partition coefficient (Wildman–Crippen LogP) is 5.39. The summed E-state index contributed by atoms with van der Waals surface area (Å²) < 4.78 is 44.9. The molecule has 11 heteroatoms. The van der Waals surface area contributed by atoms with E-state index in [0.29, 0.717) is 28.6 Å². The first-order valence-corrected chi connectivity index (χ1v) is 14.3. The highest BCUT2D eigenvalue weighted by Gasteiger charge is 2.40. The molecule has 0 N–H and O–H groups in total. The molecule has 1 aliphatic rings. The maximum atomic E-state index is 14.4. The van der Waals surface area contributed by atoms with Crippen molar-refractivity contribution >= 4 is 17.7 Å². The van der Waals surface area contributed by atoms with Gasteiger partial charge in [-0.25, -0.2) is 0 Å². The fraction of sp³-hybridized carbons (Fsp3) is 0.545. The Morgan fingerprint density at radius 3 is 1.98 bits per heavy atom. The van der Waals surface area contributed by atoms with E-state index in [1.807, 2.05) is 0 Å². The second-order valence-electron chi connectivity index (χ2n) is 12.5. The third-order valence-corrected chi connectivity index (χ3v) is 7.03. The summed E-state index contributed by atoms with van der Waals surface area (Å²) in [6.07, 6.45) is -0.861. The van der Waals surface area contributed by atoms with Crippen LogP contribution in [0.1, 0.15) is 63.6 Å². The van der Waals surface area contributed by atoms with E-state index >= 15 is 0 Å². The van der Waals surface area contributed by atoms with Crippen LogP contribution in [-0.4, -0.2) is 65.9 Å². The van der Waals surface area contributed by atoms with E-state index in [0.717, 1.165) is 0 Å². The number of esters is 2. The summed E-state index contributed by atoms with van der Waals surface area (Å²) in [7, 11) is 4.44. The number of carbonyl (C=O) groups is 3. The van der Waals surface area contributed by atoms with E-state index in [-0.39, 0.29) is 38.1 Å². The SMILES string of the molecule is COCO[C@@H](c1ccc2c(c1)OCO2)[C@H](COC(=O)C(C)(C)C)[C@H](COC(=O)C(C)(C)C)C(=O)c1ccc(OC)c(OC)c1. The Kier molecular flexibility index (Phi) is 11.6. The number of benzene rings is 2. The van der Waals surface area contributed by atoms with Crippen molar-refractivity contribution in [1.29, 1.82) is 0 Å². The predicted molar refractivity (Wildman–Crippen MR) is 160 cm³/mol. The van der Waals surface area contributed by atoms with Crippen LogP contribution < -0.4 is 18.9 Å². The van der Waals surface area contributed by atoms with Gasteiger partial charge in [0.25, 0.3) is 0 Å². The van der Waals surface area contributed by atoms with Crippen molar-refractivity contribution in [2.45, 2.75) is 47.6 Å². The van der Waals surface area contributed by atoms with Gasteiger partial charge in [-0.2, -0.15) is 0 Å². The van der Waals surface area contributed by atoms with Crippen molar-refractivity contribution in [3.63, 3.8) is 0 Å². The molecule has 0 spiro atoms. The minimum atomic E-state index is -1.03. The van der Waals surface area contributed by atoms with Crippen LogP contribution in [0, 0.1) is 22.7 Å². The van der Waals surface area contributed by atoms with Crippen LogP contribution in [-0.2, 0) is 28.5 Å². The highest BCUT2D eigenvalue weighted by Crippen LogP contribution is 2.41. The fourth-order valence-electron chi connectivity index (χ4n) is 4.48. The number of hydrogen-bond acceptors (Lipinski definition) is 11. The van der Waals surface area contributed by atoms with Crippen molar-refractivity contribution in [2.75, 3.05) is 48.1 Å². The van der Waals surface area contributed by atoms with Crippen LogP contribution in [0.15, 0.2) is 36.4 Å². The molecule has 0 unspecified atom stereocenters. The van der Waals surface area contributed by atoms with Gasteiger partial charge in [-0.3, -0.25) is 14.4 Å². The third-order valence-electron chi connectivity index (χ3n) is 7.03. The first-order chi connectivity index (χ1) is 20.7. The molecule has 0 aromatic heterocycles. The Hall–Kier alpha value is -3.83. The quantitative estimate of drug-likeness (QED) is 0.154. The van der Waals surface area contributed by atoms with Crippen LogP contribution in [0.25, 0.3) is 0 Å². The minimum absolute atomic E-state index is 0.0676. The average Bonchev–Trinajstić information content (AvgIpc) is 3.45. The van der Waals surface area contributed by atoms with Gasteiger partial charge in [-0.1, -0.05) is 6.07 Å². The Morgan fingerprint density at radius 2 is 1.39 bits per heavy atom. The summed E-state index contributed by atoms with van der Waals surface area (Å²) in [6, 6.07) is 10.1. The number of hydrogen-bond donors (Lipinski definition) is 0. The van der Waals surface area contributed by atoms with Crippen molar-refractivity contribution in [1.82, 2.24) is 0 Å². The van der Waals surface area contributed by atoms with E-state index in [1.54, 1.807) is 77.9 Å². The smallest absolute Gasteiger partial charge is 0.311 e. The van der Waals surface area contributed by atoms with Gasteiger partial charge in [0.2, 0.25) is 6.79 Å². The minimum Gasteiger partial charge on any atom is -0.493 e. The molecular formula is C33H44O11. The molecule has 0 saturated carbocycles. The zero-order valence-corrected chi connectivity index (χ0v) is 27.0. The molecule has 2 aromatic rings. The van der Waals surface area contributed by atoms with E-state index in [9.17, 15) is 14.4 Å². The van der Waals surface area contributed by atoms with Gasteiger partial charge in [-0.05, 0) is 77.4 Å². The lowest BCUT2D eigenvalue weighted by molar-refractivity contribution is -0.164. The van der Waals surface area contributed by atoms with Crippen molar-refractivity contribution in [2.24, 2.45) is 22.7 Å². The Bertz CT molecular complexity index is 1310. The van der Waals surface area contributed by atoms with Crippen LogP contribution >= 0.6 is 0 Å². The first-order valence-electron chi connectivity index (χ1n) is 14.3. The number of fused-ring (bicyclic) bond motifs is 1. The molecule has 242 valence electrons. The van der Waals surface area contributed by atoms with Crippen LogP contribution in [0.3, 0.4) is 0 Å². The number of methoxy groups -OCH3 is 3. The van der Waals surface area contributed by atoms with Crippen molar-refractivity contribution in [3.8, 4) is 23.0 Å². The molecule has 0 bridgehead atoms. The zero-order chi connectivity index (χ0) is 32.7. The van der Waals surface area contributed by atoms with E-state index in [1.165, 1.54) is 21.3 Å². The fourth-order valence-corrected chi connectivity index (χ4v) is 4.48. The number of ether oxygens (including phenoxy) is 8. The van der Waals surface area contributed by atoms with Gasteiger partial charge >= 0.3 is 11.9 Å². The molecule has 0 radical (unpaired) electrons. The maximum Gasteiger partial charge on any atom is 0.311 e. The second kappa shape index (κ2) is 14.8. The number of Topliss-reactive ketones (excluding diaryl/α,β-unsaturated/α-hetero) is 1. The van der Waals surface area contributed by atoms with Crippen molar-refractivity contribution < 1.29 is 52.3 Å². The van der Waals surface area contributed by atoms with Gasteiger partial charge in [0, 0.05) is 18.6 Å². The lowest BCUT2D eigenvalue weighted by Gasteiger charge is -2.34. The molecule has 0 fully saturated rings. The summed E-state index contributed by atoms with van der Waals surface area (Å²) in [5.74, 6) is -1.36. The van der Waals surface area contributed by atoms with E-state index < -0.39 is 40.7 Å². The topological polar surface area (TPSA) is 125 Å². The molecule has 1 heterocycles. The Labute approximate surface area is 259 Å². The number of ketones is 1. The zero-order valence-electron chi connectivity index (χ0n) is 27.0. The molecule has 3 rings (SSSR count). The summed E-state index contributed by atoms with van der Waals surface area (Å²) in [5, 5.41) is 0. The average molecular weight is 617 g/mol. The number of carbonyl (C=O) groups excluding carboxylic acids is 3. The van der Waals surface area contributed by atoms with Gasteiger partial charge in [0.05, 0.1) is 43.7 Å². The molecule has 0 saturated heterocycles. The number of rotatable bonds is 14. The normalized spacial score (nSPS) is 14.8. The molecular weight excluding hydrogens is 572 g/mol. The largest absolute Gasteiger partial charge is 0.493 e. The van der Waals surface area contributed by atoms with Crippen LogP contribution in [0.4, 0.5) is 0 Å². The lowest BCUT2D eigenvalue weighted by Crippen LogP contribution is -2.39. The standard InChI is InChI=1S/C33H44O11/c1-32(2,3)30(35)40-16-22(28(34)20-10-12-24(38-8)26(14-20)39-9)23(17-41-31(36)33(4,5)6)29(44-18-37-7)21-11-13-25-27(15-21)43-19-42-25/h10-15,22-23,29H,16-19H2,1-9H3/t22-,23+,29-/m0/s1. The molecule has 2 aromatic carbocycles. The molecule has 44 heavy (non-hydrogen) atoms. The van der Waals surface area contributed by atoms with Gasteiger partial charge in [0.15, 0.2) is 28.8 Å². The Balaban J connectivity index is 2.16. The first kappa shape index (κ1) is 34.7. The molecule has 0 aliphatic carbocycles. The summed E-state index contributed by atoms with van der Waals surface area (Å²) >= 11 is 0. The Morgan fingerprint density at radius 1 is 0.773 bits per heavy atom. The highest BCUT2D eigenvalue weighted by atomic mass is 16.7. The van der Waals surface area contributed by atoms with Gasteiger partial charge < -0.3 is 37.9 Å². The molecule has 0 amide bonds. The van der Waals surface area contributed by atoms with Crippen LogP contribution in [0.5, 0.6) is 23.0 Å². The third kappa shape index (κ3) is 8.63. The van der Waals surface area contributed by atoms with Crippen LogP contribution in [0.2, 0.25) is 0 Å². The summed E-state index contributed by atoms with van der Waals surface area (Å²) in [4.78, 5) is 40.3. The summed E-state index contributed by atoms with van der Waals surface area (Å²) in [5.41, 5.74) is -0.736. The second-order valence-corrected chi connectivity index (χ2v) is 12.5. The lowest BCUT2D eigenvalue weighted by atomic mass is 9.80. The van der Waals surface area contributed by atoms with Gasteiger partial charge in [0.1, 0.15) is 13.4 Å². The van der Waals surface area contributed by atoms with E-state index in [4.69, 9.17) is 37.9 Å². The van der Waals surface area contributed by atoms with E-state index in [2.05, 4.69) is 0 Å². The molecule has 3 atom stereocenters. The van der Waals surface area contributed by atoms with Crippen molar-refractivity contribution in [3.05, 3.63) is 47.5 Å². The highest BCUT2D eigenvalue weighted by molar-refractivity contribution is 5.99. The maximum absolute atomic E-state index is 14.4.